The molecule has 1 aliphatic carbocycles. The van der Waals surface area contributed by atoms with Crippen LogP contribution in [0, 0.1) is 23.1 Å². The fourth-order valence-electron chi connectivity index (χ4n) is 6.19. The Morgan fingerprint density at radius 1 is 1.03 bits per heavy atom. The van der Waals surface area contributed by atoms with Crippen molar-refractivity contribution in [3.05, 3.63) is 53.8 Å². The van der Waals surface area contributed by atoms with Gasteiger partial charge in [-0.05, 0) is 92.8 Å². The molecule has 7 heteroatoms. The number of carbonyl (C=O) groups is 2. The van der Waals surface area contributed by atoms with Crippen molar-refractivity contribution in [2.24, 2.45) is 23.0 Å². The van der Waals surface area contributed by atoms with Crippen molar-refractivity contribution in [3.63, 3.8) is 0 Å². The maximum absolute atomic E-state index is 15.0. The van der Waals surface area contributed by atoms with Gasteiger partial charge in [-0.3, -0.25) is 9.59 Å². The van der Waals surface area contributed by atoms with Crippen LogP contribution in [0.4, 0.5) is 4.39 Å². The molecule has 2 aromatic carbocycles. The highest BCUT2D eigenvalue weighted by molar-refractivity contribution is 5.95. The van der Waals surface area contributed by atoms with Crippen LogP contribution in [-0.2, 0) is 4.79 Å². The van der Waals surface area contributed by atoms with Crippen molar-refractivity contribution in [3.8, 4) is 16.9 Å². The van der Waals surface area contributed by atoms with Gasteiger partial charge in [0.05, 0.1) is 12.5 Å². The number of carbonyl (C=O) groups excluding carboxylic acids is 2. The highest BCUT2D eigenvalue weighted by atomic mass is 19.1. The molecule has 1 atom stereocenters. The highest BCUT2D eigenvalue weighted by Gasteiger charge is 2.34. The van der Waals surface area contributed by atoms with Crippen molar-refractivity contribution in [1.29, 1.82) is 0 Å². The van der Waals surface area contributed by atoms with E-state index < -0.39 is 0 Å². The molecule has 3 aliphatic rings. The van der Waals surface area contributed by atoms with Crippen LogP contribution >= 0.6 is 0 Å². The van der Waals surface area contributed by atoms with Gasteiger partial charge in [-0.2, -0.15) is 0 Å². The number of rotatable bonds is 8. The predicted molar refractivity (Wildman–Crippen MR) is 146 cm³/mol. The first-order valence-electron chi connectivity index (χ1n) is 14.1. The Morgan fingerprint density at radius 3 is 2.39 bits per heavy atom. The van der Waals surface area contributed by atoms with Crippen LogP contribution in [-0.4, -0.2) is 60.9 Å². The molecule has 2 heterocycles. The fourth-order valence-corrected chi connectivity index (χ4v) is 6.19. The minimum Gasteiger partial charge on any atom is -0.493 e. The van der Waals surface area contributed by atoms with Gasteiger partial charge in [0.15, 0.2) is 0 Å². The smallest absolute Gasteiger partial charge is 0.253 e. The first-order valence-corrected chi connectivity index (χ1v) is 14.1. The third-order valence-electron chi connectivity index (χ3n) is 8.85. The number of hydrogen-bond acceptors (Lipinski definition) is 4. The molecule has 2 saturated heterocycles. The molecule has 1 saturated carbocycles. The molecule has 2 aliphatic heterocycles. The number of nitrogens with zero attached hydrogens (tertiary/aromatic N) is 2. The molecule has 0 bridgehead atoms. The second-order valence-electron chi connectivity index (χ2n) is 11.9. The van der Waals surface area contributed by atoms with Crippen LogP contribution in [0.2, 0.25) is 0 Å². The van der Waals surface area contributed by atoms with Crippen LogP contribution in [0.25, 0.3) is 11.1 Å². The van der Waals surface area contributed by atoms with E-state index in [-0.39, 0.29) is 23.5 Å². The standard InChI is InChI=1S/C31H40FN3O3/c1-31(13-3-14-31)21-34-16-11-22(12-17-34)20-38-26-9-10-27(28(32)18-26)23-5-7-24(8-6-23)30(37)35-15-2-4-25(19-35)29(33)36/h5-10,18,22,25H,2-4,11-17,19-21H2,1H3,(H2,33,36)/t25-/m1/s1. The molecule has 2 aromatic rings. The molecule has 38 heavy (non-hydrogen) atoms. The zero-order valence-corrected chi connectivity index (χ0v) is 22.5. The molecule has 204 valence electrons. The Morgan fingerprint density at radius 2 is 1.76 bits per heavy atom. The van der Waals surface area contributed by atoms with Gasteiger partial charge in [0.1, 0.15) is 11.6 Å². The van der Waals surface area contributed by atoms with Gasteiger partial charge in [-0.15, -0.1) is 0 Å². The van der Waals surface area contributed by atoms with Crippen LogP contribution in [0.15, 0.2) is 42.5 Å². The van der Waals surface area contributed by atoms with Crippen molar-refractivity contribution in [2.45, 2.75) is 51.9 Å². The molecule has 2 amide bonds. The zero-order valence-electron chi connectivity index (χ0n) is 22.5. The van der Waals surface area contributed by atoms with Crippen LogP contribution in [0.3, 0.4) is 0 Å². The fraction of sp³-hybridized carbons (Fsp3) is 0.548. The van der Waals surface area contributed by atoms with E-state index in [1.807, 2.05) is 6.07 Å². The Hall–Kier alpha value is -2.93. The van der Waals surface area contributed by atoms with Gasteiger partial charge in [0.2, 0.25) is 5.91 Å². The number of piperidine rings is 2. The molecule has 0 unspecified atom stereocenters. The van der Waals surface area contributed by atoms with E-state index in [0.717, 1.165) is 38.8 Å². The lowest BCUT2D eigenvalue weighted by Gasteiger charge is -2.44. The van der Waals surface area contributed by atoms with Crippen molar-refractivity contribution >= 4 is 11.8 Å². The number of nitrogens with two attached hydrogens (primary N) is 1. The van der Waals surface area contributed by atoms with Crippen molar-refractivity contribution in [2.75, 3.05) is 39.3 Å². The molecule has 2 N–H and O–H groups in total. The molecular weight excluding hydrogens is 481 g/mol. The topological polar surface area (TPSA) is 75.9 Å². The Labute approximate surface area is 225 Å². The van der Waals surface area contributed by atoms with Gasteiger partial charge in [-0.1, -0.05) is 25.5 Å². The van der Waals surface area contributed by atoms with Crippen LogP contribution in [0.1, 0.15) is 62.2 Å². The van der Waals surface area contributed by atoms with E-state index in [4.69, 9.17) is 10.5 Å². The van der Waals surface area contributed by atoms with E-state index in [2.05, 4.69) is 11.8 Å². The van der Waals surface area contributed by atoms with Crippen molar-refractivity contribution < 1.29 is 18.7 Å². The van der Waals surface area contributed by atoms with Crippen molar-refractivity contribution in [1.82, 2.24) is 9.80 Å². The quantitative estimate of drug-likeness (QED) is 0.524. The molecule has 6 nitrogen and oxygen atoms in total. The zero-order chi connectivity index (χ0) is 26.7. The van der Waals surface area contributed by atoms with E-state index in [1.54, 1.807) is 35.2 Å². The SMILES string of the molecule is CC1(CN2CCC(COc3ccc(-c4ccc(C(=O)N5CCC[C@@H](C(N)=O)C5)cc4)c(F)c3)CC2)CCC1. The number of ether oxygens (including phenoxy) is 1. The average molecular weight is 522 g/mol. The summed E-state index contributed by atoms with van der Waals surface area (Å²) in [5, 5.41) is 0. The monoisotopic (exact) mass is 521 g/mol. The maximum atomic E-state index is 15.0. The summed E-state index contributed by atoms with van der Waals surface area (Å²) in [5.74, 6) is -0.0711. The summed E-state index contributed by atoms with van der Waals surface area (Å²) >= 11 is 0. The maximum Gasteiger partial charge on any atom is 0.253 e. The van der Waals surface area contributed by atoms with Gasteiger partial charge in [0.25, 0.3) is 5.91 Å². The van der Waals surface area contributed by atoms with Crippen LogP contribution in [0.5, 0.6) is 5.75 Å². The number of benzene rings is 2. The second kappa shape index (κ2) is 11.4. The van der Waals surface area contributed by atoms with Crippen LogP contribution < -0.4 is 10.5 Å². The number of hydrogen-bond donors (Lipinski definition) is 1. The highest BCUT2D eigenvalue weighted by Crippen LogP contribution is 2.41. The number of halogens is 1. The van der Waals surface area contributed by atoms with E-state index >= 15 is 4.39 Å². The van der Waals surface area contributed by atoms with E-state index in [1.165, 1.54) is 31.9 Å². The lowest BCUT2D eigenvalue weighted by atomic mass is 9.70. The minimum atomic E-state index is -0.361. The first-order chi connectivity index (χ1) is 18.3. The Balaban J connectivity index is 1.13. The second-order valence-corrected chi connectivity index (χ2v) is 11.9. The van der Waals surface area contributed by atoms with E-state index in [0.29, 0.717) is 53.5 Å². The largest absolute Gasteiger partial charge is 0.493 e. The number of primary amides is 1. The van der Waals surface area contributed by atoms with Gasteiger partial charge >= 0.3 is 0 Å². The minimum absolute atomic E-state index is 0.130. The predicted octanol–water partition coefficient (Wildman–Crippen LogP) is 5.11. The molecule has 0 spiro atoms. The van der Waals surface area contributed by atoms with Gasteiger partial charge < -0.3 is 20.3 Å². The Kier molecular flexibility index (Phi) is 8.03. The number of amides is 2. The third kappa shape index (κ3) is 6.20. The third-order valence-corrected chi connectivity index (χ3v) is 8.85. The normalized spacial score (nSPS) is 22.1. The average Bonchev–Trinajstić information content (AvgIpc) is 2.91. The molecule has 5 rings (SSSR count). The summed E-state index contributed by atoms with van der Waals surface area (Å²) in [4.78, 5) is 28.7. The molecular formula is C31H40FN3O3. The first kappa shape index (κ1) is 26.7. The summed E-state index contributed by atoms with van der Waals surface area (Å²) in [6.07, 6.45) is 7.82. The Bertz CT molecular complexity index is 1140. The number of likely N-dealkylation sites (tertiary alicyclic amines) is 2. The summed E-state index contributed by atoms with van der Waals surface area (Å²) in [6.45, 7) is 7.46. The molecule has 0 aromatic heterocycles. The summed E-state index contributed by atoms with van der Waals surface area (Å²) in [5.41, 5.74) is 7.66. The molecule has 0 radical (unpaired) electrons. The van der Waals surface area contributed by atoms with Gasteiger partial charge in [0, 0.05) is 36.8 Å². The molecule has 3 fully saturated rings. The van der Waals surface area contributed by atoms with E-state index in [9.17, 15) is 9.59 Å². The van der Waals surface area contributed by atoms with Gasteiger partial charge in [-0.25, -0.2) is 4.39 Å². The summed E-state index contributed by atoms with van der Waals surface area (Å²) in [6, 6.07) is 12.0. The summed E-state index contributed by atoms with van der Waals surface area (Å²) < 4.78 is 21.0. The lowest BCUT2D eigenvalue weighted by molar-refractivity contribution is -0.123. The lowest BCUT2D eigenvalue weighted by Crippen LogP contribution is -2.44. The summed E-state index contributed by atoms with van der Waals surface area (Å²) in [7, 11) is 0.